The SMILES string of the molecule is CCN(CC)CCN(C)c1cc(OC)c(Nc2nccc(-c3cn(C)c4ccccc34)n2)cc1N. The second-order valence-corrected chi connectivity index (χ2v) is 8.62. The van der Waals surface area contributed by atoms with Gasteiger partial charge in [-0.2, -0.15) is 0 Å². The number of fused-ring (bicyclic) bond motifs is 1. The van der Waals surface area contributed by atoms with E-state index in [1.54, 1.807) is 13.3 Å². The van der Waals surface area contributed by atoms with Crippen molar-refractivity contribution in [1.82, 2.24) is 19.4 Å². The van der Waals surface area contributed by atoms with Crippen LogP contribution in [0.15, 0.2) is 54.9 Å². The normalized spacial score (nSPS) is 11.3. The average molecular weight is 474 g/mol. The number of nitrogens with one attached hydrogen (secondary N) is 1. The molecule has 0 saturated heterocycles. The molecule has 0 unspecified atom stereocenters. The van der Waals surface area contributed by atoms with Gasteiger partial charge in [0.25, 0.3) is 0 Å². The minimum Gasteiger partial charge on any atom is -0.494 e. The van der Waals surface area contributed by atoms with Crippen LogP contribution in [0.1, 0.15) is 13.8 Å². The Hall–Kier alpha value is -3.78. The third kappa shape index (κ3) is 5.17. The Morgan fingerprint density at radius 1 is 1.09 bits per heavy atom. The third-order valence-corrected chi connectivity index (χ3v) is 6.48. The smallest absolute Gasteiger partial charge is 0.227 e. The van der Waals surface area contributed by atoms with Gasteiger partial charge in [0.05, 0.1) is 29.9 Å². The van der Waals surface area contributed by atoms with Gasteiger partial charge in [0.1, 0.15) is 5.75 Å². The molecule has 0 spiro atoms. The van der Waals surface area contributed by atoms with Crippen LogP contribution in [-0.2, 0) is 7.05 Å². The number of nitrogen functional groups attached to an aromatic ring is 1. The molecule has 8 heteroatoms. The minimum atomic E-state index is 0.482. The van der Waals surface area contributed by atoms with Crippen molar-refractivity contribution in [2.24, 2.45) is 7.05 Å². The van der Waals surface area contributed by atoms with Crippen molar-refractivity contribution in [3.8, 4) is 17.0 Å². The van der Waals surface area contributed by atoms with Crippen LogP contribution in [0.2, 0.25) is 0 Å². The Morgan fingerprint density at radius 2 is 1.86 bits per heavy atom. The predicted octanol–water partition coefficient (Wildman–Crippen LogP) is 4.75. The summed E-state index contributed by atoms with van der Waals surface area (Å²) < 4.78 is 7.80. The van der Waals surface area contributed by atoms with Crippen molar-refractivity contribution in [2.45, 2.75) is 13.8 Å². The number of para-hydroxylation sites is 1. The van der Waals surface area contributed by atoms with Crippen LogP contribution in [0.4, 0.5) is 23.0 Å². The van der Waals surface area contributed by atoms with Crippen LogP contribution in [0.3, 0.4) is 0 Å². The van der Waals surface area contributed by atoms with E-state index in [4.69, 9.17) is 15.5 Å². The Labute approximate surface area is 207 Å². The van der Waals surface area contributed by atoms with Gasteiger partial charge in [-0.3, -0.25) is 0 Å². The van der Waals surface area contributed by atoms with Crippen molar-refractivity contribution in [3.05, 3.63) is 54.9 Å². The maximum atomic E-state index is 6.46. The van der Waals surface area contributed by atoms with Crippen LogP contribution in [0, 0.1) is 0 Å². The summed E-state index contributed by atoms with van der Waals surface area (Å²) in [6.07, 6.45) is 3.86. The molecule has 2 aromatic heterocycles. The third-order valence-electron chi connectivity index (χ3n) is 6.48. The molecular weight excluding hydrogens is 438 g/mol. The van der Waals surface area contributed by atoms with Gasteiger partial charge in [-0.25, -0.2) is 9.97 Å². The number of nitrogens with two attached hydrogens (primary N) is 1. The predicted molar refractivity (Wildman–Crippen MR) is 146 cm³/mol. The first kappa shape index (κ1) is 24.3. The molecule has 0 radical (unpaired) electrons. The van der Waals surface area contributed by atoms with Gasteiger partial charge < -0.3 is 30.2 Å². The molecule has 2 aromatic carbocycles. The van der Waals surface area contributed by atoms with E-state index in [1.807, 2.05) is 37.4 Å². The first-order valence-corrected chi connectivity index (χ1v) is 12.0. The number of aromatic nitrogens is 3. The number of anilines is 4. The van der Waals surface area contributed by atoms with Crippen LogP contribution >= 0.6 is 0 Å². The number of aryl methyl sites for hydroxylation is 1. The zero-order valence-corrected chi connectivity index (χ0v) is 21.2. The first-order valence-electron chi connectivity index (χ1n) is 12.0. The Balaban J connectivity index is 1.59. The van der Waals surface area contributed by atoms with E-state index in [0.29, 0.717) is 17.4 Å². The largest absolute Gasteiger partial charge is 0.494 e. The summed E-state index contributed by atoms with van der Waals surface area (Å²) in [7, 11) is 5.75. The molecule has 0 amide bonds. The summed E-state index contributed by atoms with van der Waals surface area (Å²) in [5.74, 6) is 1.17. The van der Waals surface area contributed by atoms with Crippen LogP contribution in [-0.4, -0.2) is 59.8 Å². The zero-order chi connectivity index (χ0) is 24.9. The quantitative estimate of drug-likeness (QED) is 0.322. The average Bonchev–Trinajstić information content (AvgIpc) is 3.21. The van der Waals surface area contributed by atoms with Crippen molar-refractivity contribution in [2.75, 3.05) is 56.3 Å². The fourth-order valence-electron chi connectivity index (χ4n) is 4.37. The summed E-state index contributed by atoms with van der Waals surface area (Å²) >= 11 is 0. The van der Waals surface area contributed by atoms with E-state index < -0.39 is 0 Å². The molecule has 184 valence electrons. The summed E-state index contributed by atoms with van der Waals surface area (Å²) in [6, 6.07) is 14.1. The number of hydrogen-bond acceptors (Lipinski definition) is 7. The van der Waals surface area contributed by atoms with E-state index in [9.17, 15) is 0 Å². The molecule has 35 heavy (non-hydrogen) atoms. The van der Waals surface area contributed by atoms with Crippen LogP contribution in [0.5, 0.6) is 5.75 Å². The highest BCUT2D eigenvalue weighted by Gasteiger charge is 2.15. The molecule has 0 saturated carbocycles. The second-order valence-electron chi connectivity index (χ2n) is 8.62. The number of benzene rings is 2. The first-order chi connectivity index (χ1) is 16.9. The van der Waals surface area contributed by atoms with Crippen LogP contribution in [0.25, 0.3) is 22.2 Å². The maximum Gasteiger partial charge on any atom is 0.227 e. The van der Waals surface area contributed by atoms with E-state index in [2.05, 4.69) is 63.9 Å². The molecule has 3 N–H and O–H groups in total. The minimum absolute atomic E-state index is 0.482. The lowest BCUT2D eigenvalue weighted by Gasteiger charge is -2.26. The molecule has 4 aromatic rings. The molecule has 0 aliphatic heterocycles. The lowest BCUT2D eigenvalue weighted by Crippen LogP contribution is -2.33. The molecule has 0 aliphatic carbocycles. The number of nitrogens with zero attached hydrogens (tertiary/aromatic N) is 5. The van der Waals surface area contributed by atoms with Gasteiger partial charge in [-0.05, 0) is 31.3 Å². The van der Waals surface area contributed by atoms with Gasteiger partial charge >= 0.3 is 0 Å². The maximum absolute atomic E-state index is 6.46. The zero-order valence-electron chi connectivity index (χ0n) is 21.2. The highest BCUT2D eigenvalue weighted by molar-refractivity contribution is 5.95. The van der Waals surface area contributed by atoms with Gasteiger partial charge in [-0.1, -0.05) is 32.0 Å². The van der Waals surface area contributed by atoms with Gasteiger partial charge in [-0.15, -0.1) is 0 Å². The van der Waals surface area contributed by atoms with Crippen LogP contribution < -0.4 is 20.7 Å². The van der Waals surface area contributed by atoms with Crippen molar-refractivity contribution < 1.29 is 4.74 Å². The van der Waals surface area contributed by atoms with E-state index >= 15 is 0 Å². The Kier molecular flexibility index (Phi) is 7.41. The van der Waals surface area contributed by atoms with Gasteiger partial charge in [0, 0.05) is 62.1 Å². The molecule has 8 nitrogen and oxygen atoms in total. The summed E-state index contributed by atoms with van der Waals surface area (Å²) in [5, 5.41) is 4.45. The number of ether oxygens (including phenoxy) is 1. The molecule has 0 fully saturated rings. The number of likely N-dealkylation sites (N-methyl/N-ethyl adjacent to an activating group) is 2. The van der Waals surface area contributed by atoms with Gasteiger partial charge in [0.2, 0.25) is 5.95 Å². The molecule has 0 aliphatic rings. The van der Waals surface area contributed by atoms with Gasteiger partial charge in [0.15, 0.2) is 0 Å². The summed E-state index contributed by atoms with van der Waals surface area (Å²) in [5.41, 5.74) is 11.9. The molecule has 4 rings (SSSR count). The van der Waals surface area contributed by atoms with Crippen molar-refractivity contribution >= 4 is 33.9 Å². The standard InChI is InChI=1S/C27H35N7O/c1-6-34(7-2)15-14-32(3)25-17-26(35-5)23(16-21(25)28)31-27-29-13-12-22(30-27)20-18-33(4)24-11-9-8-10-19(20)24/h8-13,16-18H,6-7,14-15,28H2,1-5H3,(H,29,30,31). The van der Waals surface area contributed by atoms with Crippen molar-refractivity contribution in [3.63, 3.8) is 0 Å². The number of methoxy groups -OCH3 is 1. The Morgan fingerprint density at radius 3 is 2.60 bits per heavy atom. The lowest BCUT2D eigenvalue weighted by atomic mass is 10.1. The number of hydrogen-bond donors (Lipinski definition) is 2. The molecule has 0 bridgehead atoms. The van der Waals surface area contributed by atoms with E-state index in [-0.39, 0.29) is 0 Å². The highest BCUT2D eigenvalue weighted by atomic mass is 16.5. The highest BCUT2D eigenvalue weighted by Crippen LogP contribution is 2.36. The molecular formula is C27H35N7O. The fraction of sp³-hybridized carbons (Fsp3) is 0.333. The topological polar surface area (TPSA) is 84.5 Å². The van der Waals surface area contributed by atoms with E-state index in [1.165, 1.54) is 0 Å². The molecule has 0 atom stereocenters. The second kappa shape index (κ2) is 10.7. The lowest BCUT2D eigenvalue weighted by molar-refractivity contribution is 0.311. The summed E-state index contributed by atoms with van der Waals surface area (Å²) in [6.45, 7) is 8.27. The van der Waals surface area contributed by atoms with Crippen molar-refractivity contribution in [1.29, 1.82) is 0 Å². The Bertz CT molecular complexity index is 1300. The summed E-state index contributed by atoms with van der Waals surface area (Å²) in [4.78, 5) is 13.8. The van der Waals surface area contributed by atoms with E-state index in [0.717, 1.165) is 59.7 Å². The fourth-order valence-corrected chi connectivity index (χ4v) is 4.37. The number of rotatable bonds is 10. The molecule has 2 heterocycles. The monoisotopic (exact) mass is 473 g/mol.